The van der Waals surface area contributed by atoms with Crippen LogP contribution in [-0.2, 0) is 16.8 Å². The molecule has 1 N–H and O–H groups in total. The number of carbonyl (C=O) groups is 1. The monoisotopic (exact) mass is 588 g/mol. The second-order valence-corrected chi connectivity index (χ2v) is 10.3. The van der Waals surface area contributed by atoms with Crippen molar-refractivity contribution in [2.75, 3.05) is 0 Å². The van der Waals surface area contributed by atoms with Crippen LogP contribution in [0, 0.1) is 10.1 Å². The number of carbonyl (C=O) groups excluding carboxylic acids is 1. The lowest BCUT2D eigenvalue weighted by atomic mass is 9.81. The van der Waals surface area contributed by atoms with Crippen LogP contribution in [0.5, 0.6) is 5.75 Å². The number of carboxylic acids is 1. The number of phenols is 1. The van der Waals surface area contributed by atoms with E-state index in [0.717, 1.165) is 22.5 Å². The summed E-state index contributed by atoms with van der Waals surface area (Å²) in [5.74, 6) is -2.96. The van der Waals surface area contributed by atoms with E-state index in [1.165, 1.54) is 29.3 Å². The lowest BCUT2D eigenvalue weighted by Crippen LogP contribution is -2.37. The number of fused-ring (bicyclic) bond motifs is 1. The van der Waals surface area contributed by atoms with Gasteiger partial charge < -0.3 is 15.0 Å². The summed E-state index contributed by atoms with van der Waals surface area (Å²) < 4.78 is 33.7. The number of non-ortho nitro benzene ring substituents is 1. The lowest BCUT2D eigenvalue weighted by Gasteiger charge is -2.15. The van der Waals surface area contributed by atoms with E-state index in [4.69, 9.17) is 9.90 Å². The predicted molar refractivity (Wildman–Crippen MR) is 155 cm³/mol. The molecule has 4 aromatic carbocycles. The molecule has 0 saturated heterocycles. The summed E-state index contributed by atoms with van der Waals surface area (Å²) in [6.45, 7) is 4.68. The molecule has 0 saturated carbocycles. The van der Waals surface area contributed by atoms with Crippen LogP contribution in [0.2, 0.25) is 0 Å². The van der Waals surface area contributed by atoms with E-state index in [-0.39, 0.29) is 16.9 Å². The molecule has 43 heavy (non-hydrogen) atoms. The van der Waals surface area contributed by atoms with Gasteiger partial charge >= 0.3 is 6.18 Å². The molecule has 1 aliphatic heterocycles. The van der Waals surface area contributed by atoms with Crippen molar-refractivity contribution in [3.8, 4) is 16.9 Å². The number of nitro groups is 1. The summed E-state index contributed by atoms with van der Waals surface area (Å²) in [6.07, 6.45) is -0.982. The molecule has 0 unspecified atom stereocenters. The van der Waals surface area contributed by atoms with Crippen molar-refractivity contribution in [1.82, 2.24) is 0 Å². The molecule has 0 atom stereocenters. The van der Waals surface area contributed by atoms with E-state index >= 15 is 0 Å². The number of aliphatic carboxylic acids is 1. The van der Waals surface area contributed by atoms with E-state index in [9.17, 15) is 28.4 Å². The first-order chi connectivity index (χ1) is 20.3. The summed E-state index contributed by atoms with van der Waals surface area (Å²) in [4.78, 5) is 19.7. The molecule has 10 heteroatoms. The van der Waals surface area contributed by atoms with Gasteiger partial charge in [0.05, 0.1) is 15.9 Å². The number of hydrogen-bond acceptors (Lipinski definition) is 5. The zero-order valence-corrected chi connectivity index (χ0v) is 23.2. The van der Waals surface area contributed by atoms with Crippen molar-refractivity contribution >= 4 is 29.1 Å². The molecule has 0 amide bonds. The van der Waals surface area contributed by atoms with E-state index in [1.54, 1.807) is 0 Å². The Morgan fingerprint density at radius 3 is 2.09 bits per heavy atom. The number of nitro benzene ring substituents is 1. The van der Waals surface area contributed by atoms with Crippen LogP contribution in [-0.4, -0.2) is 32.5 Å². The molecule has 0 fully saturated rings. The van der Waals surface area contributed by atoms with Crippen LogP contribution in [0.15, 0.2) is 103 Å². The van der Waals surface area contributed by atoms with Crippen LogP contribution in [0.25, 0.3) is 17.2 Å². The highest BCUT2D eigenvalue weighted by molar-refractivity contribution is 6.05. The normalized spacial score (nSPS) is 13.8. The first kappa shape index (κ1) is 30.7. The highest BCUT2D eigenvalue weighted by Gasteiger charge is 2.44. The molecule has 1 aliphatic rings. The number of phenolic OH excluding ortho intramolecular Hbond substituents is 1. The smallest absolute Gasteiger partial charge is 0.430 e. The van der Waals surface area contributed by atoms with Gasteiger partial charge in [-0.3, -0.25) is 10.1 Å². The maximum Gasteiger partial charge on any atom is 0.430 e. The van der Waals surface area contributed by atoms with Crippen molar-refractivity contribution in [3.05, 3.63) is 130 Å². The largest absolute Gasteiger partial charge is 0.542 e. The van der Waals surface area contributed by atoms with Crippen LogP contribution < -0.4 is 5.11 Å². The number of aromatic hydroxyl groups is 1. The van der Waals surface area contributed by atoms with E-state index in [2.05, 4.69) is 79.1 Å². The summed E-state index contributed by atoms with van der Waals surface area (Å²) in [6, 6.07) is 31.1. The van der Waals surface area contributed by atoms with Gasteiger partial charge in [-0.1, -0.05) is 72.8 Å². The Morgan fingerprint density at radius 1 is 0.907 bits per heavy atom. The Balaban J connectivity index is 0.000000541. The fourth-order valence-corrected chi connectivity index (χ4v) is 4.89. The second-order valence-electron chi connectivity index (χ2n) is 10.3. The highest BCUT2D eigenvalue weighted by atomic mass is 19.4. The van der Waals surface area contributed by atoms with Gasteiger partial charge in [0.15, 0.2) is 12.3 Å². The summed E-state index contributed by atoms with van der Waals surface area (Å²) in [7, 11) is 0. The molecule has 1 heterocycles. The maximum atomic E-state index is 11.3. The lowest BCUT2D eigenvalue weighted by molar-refractivity contribution is -0.455. The summed E-state index contributed by atoms with van der Waals surface area (Å²) >= 11 is 0. The van der Waals surface area contributed by atoms with Crippen molar-refractivity contribution in [2.24, 2.45) is 0 Å². The van der Waals surface area contributed by atoms with Gasteiger partial charge in [0.1, 0.15) is 11.7 Å². The van der Waals surface area contributed by atoms with Gasteiger partial charge in [0, 0.05) is 29.8 Å². The van der Waals surface area contributed by atoms with Gasteiger partial charge in [-0.2, -0.15) is 17.7 Å². The number of halogens is 3. The summed E-state index contributed by atoms with van der Waals surface area (Å²) in [5, 5.41) is 30.6. The molecule has 4 aromatic rings. The molecule has 0 radical (unpaired) electrons. The molecule has 0 aliphatic carbocycles. The Morgan fingerprint density at radius 2 is 1.49 bits per heavy atom. The number of hydrogen-bond donors (Lipinski definition) is 1. The van der Waals surface area contributed by atoms with Crippen molar-refractivity contribution < 1.29 is 37.7 Å². The molecule has 7 nitrogen and oxygen atoms in total. The van der Waals surface area contributed by atoms with Gasteiger partial charge in [-0.05, 0) is 42.7 Å². The second kappa shape index (κ2) is 12.3. The van der Waals surface area contributed by atoms with Crippen molar-refractivity contribution in [2.45, 2.75) is 32.0 Å². The van der Waals surface area contributed by atoms with Gasteiger partial charge in [-0.25, -0.2) is 0 Å². The number of allylic oxidation sites excluding steroid dienone is 1. The van der Waals surface area contributed by atoms with Gasteiger partial charge in [0.25, 0.3) is 5.69 Å². The van der Waals surface area contributed by atoms with Gasteiger partial charge in [-0.15, -0.1) is 0 Å². The SMILES string of the molecule is CC1(C)C(/C=C/c2ccc(-c3ccccc3)cc2)=[N+](Cc2cc([N+](=O)[O-])ccc2O)c2ccccc21.O=C([O-])C(F)(F)F. The third-order valence-electron chi connectivity index (χ3n) is 7.08. The fraction of sp³-hybridized carbons (Fsp3) is 0.152. The first-order valence-electron chi connectivity index (χ1n) is 13.1. The number of benzene rings is 4. The average molecular weight is 589 g/mol. The third-order valence-corrected chi connectivity index (χ3v) is 7.08. The third kappa shape index (κ3) is 6.98. The molecular formula is C33H27F3N2O5. The van der Waals surface area contributed by atoms with Crippen LogP contribution >= 0.6 is 0 Å². The van der Waals surface area contributed by atoms with Crippen LogP contribution in [0.3, 0.4) is 0 Å². The zero-order chi connectivity index (χ0) is 31.4. The van der Waals surface area contributed by atoms with E-state index < -0.39 is 17.1 Å². The van der Waals surface area contributed by atoms with Crippen molar-refractivity contribution in [1.29, 1.82) is 0 Å². The molecule has 0 bridgehead atoms. The topological polar surface area (TPSA) is 107 Å². The van der Waals surface area contributed by atoms with E-state index in [1.807, 2.05) is 30.3 Å². The van der Waals surface area contributed by atoms with Crippen LogP contribution in [0.4, 0.5) is 24.5 Å². The maximum absolute atomic E-state index is 11.3. The van der Waals surface area contributed by atoms with E-state index in [0.29, 0.717) is 12.1 Å². The number of rotatable bonds is 6. The van der Waals surface area contributed by atoms with Gasteiger partial charge in [0.2, 0.25) is 5.69 Å². The number of para-hydroxylation sites is 1. The summed E-state index contributed by atoms with van der Waals surface area (Å²) in [5.41, 5.74) is 6.87. The minimum atomic E-state index is -5.19. The number of nitrogens with zero attached hydrogens (tertiary/aromatic N) is 2. The zero-order valence-electron chi connectivity index (χ0n) is 23.2. The first-order valence-corrected chi connectivity index (χ1v) is 13.1. The van der Waals surface area contributed by atoms with Crippen molar-refractivity contribution in [3.63, 3.8) is 0 Å². The molecule has 220 valence electrons. The minimum Gasteiger partial charge on any atom is -0.542 e. The fourth-order valence-electron chi connectivity index (χ4n) is 4.89. The van der Waals surface area contributed by atoms with Crippen LogP contribution in [0.1, 0.15) is 30.5 Å². The molecular weight excluding hydrogens is 561 g/mol. The molecule has 5 rings (SSSR count). The Hall–Kier alpha value is -5.25. The number of carboxylic acid groups (broad SMARTS) is 1. The Kier molecular flexibility index (Phi) is 8.80. The quantitative estimate of drug-likeness (QED) is 0.156. The standard InChI is InChI=1S/C31H26N2O3.C2HF3O2/c1-31(2)27-10-6-7-11-28(27)32(21-25-20-26(33(35)36)17-18-29(25)34)30(31)19-14-22-12-15-24(16-13-22)23-8-4-3-5-9-23;3-2(4,5)1(6)7/h3-20H,21H2,1-2H3;(H,6,7)/b19-14+;. The predicted octanol–water partition coefficient (Wildman–Crippen LogP) is 6.56. The highest BCUT2D eigenvalue weighted by Crippen LogP contribution is 2.41. The Labute approximate surface area is 245 Å². The molecule has 0 aromatic heterocycles. The number of alkyl halides is 3. The minimum absolute atomic E-state index is 0.0369. The Bertz CT molecular complexity index is 1710. The average Bonchev–Trinajstić information content (AvgIpc) is 3.19. The molecule has 0 spiro atoms.